The minimum atomic E-state index is -1.26. The van der Waals surface area contributed by atoms with Crippen LogP contribution in [0.1, 0.15) is 15.9 Å². The molecule has 0 aliphatic rings. The zero-order chi connectivity index (χ0) is 14.6. The third-order valence-electron chi connectivity index (χ3n) is 2.25. The molecule has 3 nitrogen and oxygen atoms in total. The van der Waals surface area contributed by atoms with Gasteiger partial charge in [-0.15, -0.1) is 5.92 Å². The number of hydrogen-bond acceptors (Lipinski definition) is 2. The molecule has 1 amide bonds. The van der Waals surface area contributed by atoms with E-state index in [-0.39, 0.29) is 16.2 Å². The van der Waals surface area contributed by atoms with Crippen molar-refractivity contribution in [3.63, 3.8) is 0 Å². The second kappa shape index (κ2) is 6.42. The van der Waals surface area contributed by atoms with E-state index in [1.165, 1.54) is 6.07 Å². The summed E-state index contributed by atoms with van der Waals surface area (Å²) in [5.74, 6) is 5.76. The topological polar surface area (TPSA) is 42.0 Å². The molecule has 1 aromatic rings. The van der Waals surface area contributed by atoms with Crippen LogP contribution in [0.5, 0.6) is 0 Å². The number of nitrogens with one attached hydrogen (secondary N) is 1. The summed E-state index contributed by atoms with van der Waals surface area (Å²) in [6.45, 7) is 6.68. The lowest BCUT2D eigenvalue weighted by molar-refractivity contribution is 0.0962. The highest BCUT2D eigenvalue weighted by molar-refractivity contribution is 6.76. The van der Waals surface area contributed by atoms with Gasteiger partial charge in [-0.1, -0.05) is 48.8 Å². The second-order valence-electron chi connectivity index (χ2n) is 5.28. The maximum absolute atomic E-state index is 11.8. The Hall–Kier alpha value is -1.02. The highest BCUT2D eigenvalue weighted by Crippen LogP contribution is 2.21. The highest BCUT2D eigenvalue weighted by atomic mass is 35.5. The molecular weight excluding hydrogens is 299 g/mol. The Balaban J connectivity index is 3.22. The Bertz CT molecular complexity index is 556. The molecule has 0 aliphatic carbocycles. The molecular formula is C13H16Cl2N2OSi. The summed E-state index contributed by atoms with van der Waals surface area (Å²) in [5, 5.41) is 2.88. The molecule has 0 spiro atoms. The lowest BCUT2D eigenvalue weighted by atomic mass is 10.1. The maximum Gasteiger partial charge on any atom is 0.252 e. The van der Waals surface area contributed by atoms with E-state index in [2.05, 4.69) is 41.8 Å². The fourth-order valence-electron chi connectivity index (χ4n) is 1.31. The van der Waals surface area contributed by atoms with Crippen LogP contribution in [-0.4, -0.2) is 26.0 Å². The summed E-state index contributed by atoms with van der Waals surface area (Å²) in [6.07, 6.45) is 0. The summed E-state index contributed by atoms with van der Waals surface area (Å²) >= 11 is 11.8. The Morgan fingerprint density at radius 1 is 1.42 bits per heavy atom. The van der Waals surface area contributed by atoms with E-state index in [0.29, 0.717) is 11.1 Å². The summed E-state index contributed by atoms with van der Waals surface area (Å²) in [5.41, 5.74) is 0.791. The van der Waals surface area contributed by atoms with Crippen LogP contribution in [-0.2, 0) is 0 Å². The van der Waals surface area contributed by atoms with Gasteiger partial charge in [0.05, 0.1) is 19.2 Å². The SMILES string of the molecule is CNC(=O)c1cc(Cl)nc(Cl)c1C#CC[Si](C)(C)C. The number of aromatic nitrogens is 1. The molecule has 0 atom stereocenters. The lowest BCUT2D eigenvalue weighted by Gasteiger charge is -2.10. The van der Waals surface area contributed by atoms with Gasteiger partial charge in [-0.3, -0.25) is 4.79 Å². The highest BCUT2D eigenvalue weighted by Gasteiger charge is 2.15. The largest absolute Gasteiger partial charge is 0.355 e. The molecule has 0 fully saturated rings. The van der Waals surface area contributed by atoms with E-state index in [1.807, 2.05) is 0 Å². The average molecular weight is 315 g/mol. The van der Waals surface area contributed by atoms with E-state index in [9.17, 15) is 4.79 Å². The van der Waals surface area contributed by atoms with Gasteiger partial charge in [0.15, 0.2) is 0 Å². The van der Waals surface area contributed by atoms with Gasteiger partial charge in [0.2, 0.25) is 0 Å². The monoisotopic (exact) mass is 314 g/mol. The number of rotatable bonds is 2. The van der Waals surface area contributed by atoms with Crippen molar-refractivity contribution >= 4 is 37.2 Å². The second-order valence-corrected chi connectivity index (χ2v) is 11.5. The fourth-order valence-corrected chi connectivity index (χ4v) is 2.41. The third kappa shape index (κ3) is 4.87. The molecule has 19 heavy (non-hydrogen) atoms. The van der Waals surface area contributed by atoms with Crippen molar-refractivity contribution < 1.29 is 4.79 Å². The van der Waals surface area contributed by atoms with Crippen molar-refractivity contribution in [3.05, 3.63) is 27.5 Å². The zero-order valence-corrected chi connectivity index (χ0v) is 13.9. The van der Waals surface area contributed by atoms with Crippen LogP contribution < -0.4 is 5.32 Å². The predicted molar refractivity (Wildman–Crippen MR) is 82.7 cm³/mol. The Morgan fingerprint density at radius 2 is 2.05 bits per heavy atom. The molecule has 1 aromatic heterocycles. The molecule has 0 bridgehead atoms. The fraction of sp³-hybridized carbons (Fsp3) is 0.385. The Morgan fingerprint density at radius 3 is 2.58 bits per heavy atom. The Labute approximate surface area is 124 Å². The van der Waals surface area contributed by atoms with Gasteiger partial charge in [0, 0.05) is 13.1 Å². The van der Waals surface area contributed by atoms with Crippen LogP contribution in [0.15, 0.2) is 6.07 Å². The molecule has 1 heterocycles. The number of hydrogen-bond donors (Lipinski definition) is 1. The van der Waals surface area contributed by atoms with Crippen molar-refractivity contribution in [2.24, 2.45) is 0 Å². The van der Waals surface area contributed by atoms with Crippen LogP contribution in [0.4, 0.5) is 0 Å². The number of pyridine rings is 1. The van der Waals surface area contributed by atoms with Gasteiger partial charge in [0.1, 0.15) is 10.3 Å². The first-order chi connectivity index (χ1) is 8.74. The van der Waals surface area contributed by atoms with Crippen molar-refractivity contribution in [1.82, 2.24) is 10.3 Å². The molecule has 0 aromatic carbocycles. The molecule has 1 rings (SSSR count). The van der Waals surface area contributed by atoms with Crippen molar-refractivity contribution in [3.8, 4) is 11.8 Å². The van der Waals surface area contributed by atoms with Gasteiger partial charge < -0.3 is 5.32 Å². The maximum atomic E-state index is 11.8. The Kier molecular flexibility index (Phi) is 5.42. The first-order valence-electron chi connectivity index (χ1n) is 5.81. The van der Waals surface area contributed by atoms with Crippen LogP contribution in [0.25, 0.3) is 0 Å². The first kappa shape index (κ1) is 16.0. The van der Waals surface area contributed by atoms with Gasteiger partial charge in [-0.25, -0.2) is 4.98 Å². The molecule has 0 aliphatic heterocycles. The number of halogens is 2. The summed E-state index contributed by atoms with van der Waals surface area (Å²) in [7, 11) is 0.290. The minimum absolute atomic E-state index is 0.161. The van der Waals surface area contributed by atoms with Crippen molar-refractivity contribution in [2.45, 2.75) is 25.7 Å². The van der Waals surface area contributed by atoms with E-state index < -0.39 is 8.07 Å². The van der Waals surface area contributed by atoms with Crippen molar-refractivity contribution in [1.29, 1.82) is 0 Å². The molecule has 0 radical (unpaired) electrons. The van der Waals surface area contributed by atoms with E-state index >= 15 is 0 Å². The molecule has 1 N–H and O–H groups in total. The number of nitrogens with zero attached hydrogens (tertiary/aromatic N) is 1. The number of carbonyl (C=O) groups excluding carboxylic acids is 1. The summed E-state index contributed by atoms with van der Waals surface area (Å²) < 4.78 is 0. The van der Waals surface area contributed by atoms with Gasteiger partial charge >= 0.3 is 0 Å². The van der Waals surface area contributed by atoms with Gasteiger partial charge in [-0.2, -0.15) is 0 Å². The average Bonchev–Trinajstić information content (AvgIpc) is 2.28. The third-order valence-corrected chi connectivity index (χ3v) is 3.95. The van der Waals surface area contributed by atoms with E-state index in [0.717, 1.165) is 6.04 Å². The number of amides is 1. The van der Waals surface area contributed by atoms with Crippen LogP contribution in [0.2, 0.25) is 36.0 Å². The molecule has 0 saturated heterocycles. The van der Waals surface area contributed by atoms with Crippen LogP contribution in [0, 0.1) is 11.8 Å². The van der Waals surface area contributed by atoms with Gasteiger partial charge in [0.25, 0.3) is 5.91 Å². The smallest absolute Gasteiger partial charge is 0.252 e. The zero-order valence-electron chi connectivity index (χ0n) is 11.4. The molecule has 102 valence electrons. The lowest BCUT2D eigenvalue weighted by Crippen LogP contribution is -2.20. The molecule has 0 saturated carbocycles. The van der Waals surface area contributed by atoms with E-state index in [1.54, 1.807) is 7.05 Å². The predicted octanol–water partition coefficient (Wildman–Crippen LogP) is 3.44. The quantitative estimate of drug-likeness (QED) is 0.516. The van der Waals surface area contributed by atoms with Crippen molar-refractivity contribution in [2.75, 3.05) is 7.05 Å². The number of carbonyl (C=O) groups is 1. The molecule has 0 unspecified atom stereocenters. The summed E-state index contributed by atoms with van der Waals surface area (Å²) in [6, 6.07) is 2.31. The van der Waals surface area contributed by atoms with Gasteiger partial charge in [-0.05, 0) is 6.07 Å². The van der Waals surface area contributed by atoms with Crippen LogP contribution in [0.3, 0.4) is 0 Å². The normalized spacial score (nSPS) is 10.6. The van der Waals surface area contributed by atoms with E-state index in [4.69, 9.17) is 23.2 Å². The summed E-state index contributed by atoms with van der Waals surface area (Å²) in [4.78, 5) is 15.7. The first-order valence-corrected chi connectivity index (χ1v) is 10.3. The minimum Gasteiger partial charge on any atom is -0.355 e. The standard InChI is InChI=1S/C13H16Cl2N2OSi/c1-16-13(18)10-8-11(14)17-12(15)9(10)6-5-7-19(2,3)4/h8H,7H2,1-4H3,(H,16,18). The van der Waals surface area contributed by atoms with Crippen LogP contribution >= 0.6 is 23.2 Å². The molecule has 6 heteroatoms.